The Kier molecular flexibility index (Phi) is 6.24. The zero-order valence-corrected chi connectivity index (χ0v) is 16.8. The first-order valence-electron chi connectivity index (χ1n) is 7.77. The molecule has 0 bridgehead atoms. The third kappa shape index (κ3) is 5.06. The van der Waals surface area contributed by atoms with Crippen LogP contribution in [-0.4, -0.2) is 27.1 Å². The molecule has 1 amide bonds. The predicted molar refractivity (Wildman–Crippen MR) is 104 cm³/mol. The maximum Gasteiger partial charge on any atom is 0.241 e. The van der Waals surface area contributed by atoms with Gasteiger partial charge in [-0.3, -0.25) is 9.10 Å². The van der Waals surface area contributed by atoms with E-state index in [2.05, 4.69) is 21.2 Å². The van der Waals surface area contributed by atoms with Gasteiger partial charge >= 0.3 is 0 Å². The molecule has 1 N–H and O–H groups in total. The van der Waals surface area contributed by atoms with Crippen LogP contribution in [0.5, 0.6) is 0 Å². The van der Waals surface area contributed by atoms with Crippen LogP contribution in [-0.2, 0) is 14.8 Å². The molecular formula is C18H21BrN2O3S. The summed E-state index contributed by atoms with van der Waals surface area (Å²) in [5, 5.41) is 2.85. The van der Waals surface area contributed by atoms with Crippen LogP contribution >= 0.6 is 15.9 Å². The molecule has 0 radical (unpaired) electrons. The van der Waals surface area contributed by atoms with Crippen LogP contribution in [0.2, 0.25) is 0 Å². The number of sulfonamides is 1. The minimum Gasteiger partial charge on any atom is -0.348 e. The number of nitrogens with zero attached hydrogens (tertiary/aromatic N) is 1. The van der Waals surface area contributed by atoms with E-state index in [4.69, 9.17) is 0 Å². The van der Waals surface area contributed by atoms with Crippen LogP contribution in [0.1, 0.15) is 24.1 Å². The number of anilines is 1. The monoisotopic (exact) mass is 424 g/mol. The van der Waals surface area contributed by atoms with Gasteiger partial charge in [-0.25, -0.2) is 8.42 Å². The van der Waals surface area contributed by atoms with E-state index in [0.717, 1.165) is 26.2 Å². The van der Waals surface area contributed by atoms with E-state index < -0.39 is 10.0 Å². The van der Waals surface area contributed by atoms with E-state index in [1.165, 1.54) is 0 Å². The van der Waals surface area contributed by atoms with Crippen molar-refractivity contribution in [3.8, 4) is 0 Å². The number of rotatable bonds is 6. The maximum atomic E-state index is 12.4. The van der Waals surface area contributed by atoms with Gasteiger partial charge in [-0.2, -0.15) is 0 Å². The molecular weight excluding hydrogens is 404 g/mol. The molecule has 1 unspecified atom stereocenters. The van der Waals surface area contributed by atoms with Crippen LogP contribution in [0.4, 0.5) is 5.69 Å². The van der Waals surface area contributed by atoms with E-state index in [9.17, 15) is 13.2 Å². The standard InChI is InChI=1S/C18H21BrN2O3S/c1-13-8-4-7-11-17(13)21(25(3,23)24)12-18(22)20-14(2)15-9-5-6-10-16(15)19/h4-11,14H,12H2,1-3H3,(H,20,22). The van der Waals surface area contributed by atoms with E-state index >= 15 is 0 Å². The zero-order chi connectivity index (χ0) is 18.6. The van der Waals surface area contributed by atoms with Crippen molar-refractivity contribution in [1.29, 1.82) is 0 Å². The summed E-state index contributed by atoms with van der Waals surface area (Å²) in [4.78, 5) is 12.4. The Labute approximate surface area is 157 Å². The second-order valence-electron chi connectivity index (χ2n) is 5.87. The van der Waals surface area contributed by atoms with Gasteiger partial charge in [-0.1, -0.05) is 52.3 Å². The molecule has 5 nitrogen and oxygen atoms in total. The number of hydrogen-bond acceptors (Lipinski definition) is 3. The summed E-state index contributed by atoms with van der Waals surface area (Å²) in [7, 11) is -3.58. The Morgan fingerprint density at radius 3 is 2.36 bits per heavy atom. The van der Waals surface area contributed by atoms with Gasteiger partial charge in [0.2, 0.25) is 15.9 Å². The fourth-order valence-corrected chi connectivity index (χ4v) is 4.09. The second kappa shape index (κ2) is 8.01. The first-order valence-corrected chi connectivity index (χ1v) is 10.4. The minimum atomic E-state index is -3.58. The summed E-state index contributed by atoms with van der Waals surface area (Å²) in [5.41, 5.74) is 2.23. The summed E-state index contributed by atoms with van der Waals surface area (Å²) in [6.45, 7) is 3.41. The van der Waals surface area contributed by atoms with Crippen LogP contribution < -0.4 is 9.62 Å². The molecule has 7 heteroatoms. The average Bonchev–Trinajstić information content (AvgIpc) is 2.52. The van der Waals surface area contributed by atoms with Crippen molar-refractivity contribution in [2.75, 3.05) is 17.1 Å². The molecule has 0 saturated carbocycles. The van der Waals surface area contributed by atoms with E-state index in [1.54, 1.807) is 12.1 Å². The quantitative estimate of drug-likeness (QED) is 0.772. The van der Waals surface area contributed by atoms with Crippen molar-refractivity contribution in [3.63, 3.8) is 0 Å². The molecule has 0 spiro atoms. The number of hydrogen-bond donors (Lipinski definition) is 1. The largest absolute Gasteiger partial charge is 0.348 e. The van der Waals surface area contributed by atoms with Gasteiger partial charge in [-0.15, -0.1) is 0 Å². The lowest BCUT2D eigenvalue weighted by molar-refractivity contribution is -0.120. The van der Waals surface area contributed by atoms with E-state index in [-0.39, 0.29) is 18.5 Å². The first-order chi connectivity index (χ1) is 11.7. The van der Waals surface area contributed by atoms with E-state index in [0.29, 0.717) is 5.69 Å². The smallest absolute Gasteiger partial charge is 0.241 e. The van der Waals surface area contributed by atoms with Crippen LogP contribution in [0.25, 0.3) is 0 Å². The van der Waals surface area contributed by atoms with Gasteiger partial charge in [0.1, 0.15) is 6.54 Å². The highest BCUT2D eigenvalue weighted by Crippen LogP contribution is 2.24. The van der Waals surface area contributed by atoms with Gasteiger partial charge in [-0.05, 0) is 37.1 Å². The SMILES string of the molecule is Cc1ccccc1N(CC(=O)NC(C)c1ccccc1Br)S(C)(=O)=O. The highest BCUT2D eigenvalue weighted by atomic mass is 79.9. The first kappa shape index (κ1) is 19.5. The van der Waals surface area contributed by atoms with Crippen LogP contribution in [0.3, 0.4) is 0 Å². The van der Waals surface area contributed by atoms with Crippen molar-refractivity contribution in [3.05, 3.63) is 64.1 Å². The summed E-state index contributed by atoms with van der Waals surface area (Å²) < 4.78 is 26.4. The molecule has 134 valence electrons. The Morgan fingerprint density at radius 1 is 1.16 bits per heavy atom. The molecule has 0 aromatic heterocycles. The molecule has 0 aliphatic carbocycles. The van der Waals surface area contributed by atoms with E-state index in [1.807, 2.05) is 50.2 Å². The highest BCUT2D eigenvalue weighted by molar-refractivity contribution is 9.10. The molecule has 0 saturated heterocycles. The van der Waals surface area contributed by atoms with Crippen molar-refractivity contribution in [2.24, 2.45) is 0 Å². The number of carbonyl (C=O) groups excluding carboxylic acids is 1. The second-order valence-corrected chi connectivity index (χ2v) is 8.63. The lowest BCUT2D eigenvalue weighted by atomic mass is 10.1. The number of benzene rings is 2. The Bertz CT molecular complexity index is 868. The van der Waals surface area contributed by atoms with Gasteiger partial charge in [0.05, 0.1) is 18.0 Å². The van der Waals surface area contributed by atoms with Gasteiger partial charge in [0, 0.05) is 4.47 Å². The minimum absolute atomic E-state index is 0.249. The summed E-state index contributed by atoms with van der Waals surface area (Å²) in [5.74, 6) is -0.364. The number of nitrogens with one attached hydrogen (secondary N) is 1. The van der Waals surface area contributed by atoms with Gasteiger partial charge in [0.15, 0.2) is 0 Å². The fourth-order valence-electron chi connectivity index (χ4n) is 2.55. The average molecular weight is 425 g/mol. The molecule has 0 aliphatic rings. The molecule has 2 rings (SSSR count). The lowest BCUT2D eigenvalue weighted by Gasteiger charge is -2.24. The molecule has 25 heavy (non-hydrogen) atoms. The number of carbonyl (C=O) groups is 1. The van der Waals surface area contributed by atoms with Crippen LogP contribution in [0.15, 0.2) is 53.0 Å². The maximum absolute atomic E-state index is 12.4. The topological polar surface area (TPSA) is 66.5 Å². The summed E-state index contributed by atoms with van der Waals surface area (Å²) in [6.07, 6.45) is 1.10. The third-order valence-electron chi connectivity index (χ3n) is 3.82. The van der Waals surface area contributed by atoms with Gasteiger partial charge < -0.3 is 5.32 Å². The van der Waals surface area contributed by atoms with Crippen molar-refractivity contribution in [1.82, 2.24) is 5.32 Å². The number of aryl methyl sites for hydroxylation is 1. The van der Waals surface area contributed by atoms with Crippen molar-refractivity contribution < 1.29 is 13.2 Å². The Hall–Kier alpha value is -1.86. The Balaban J connectivity index is 2.19. The molecule has 2 aromatic carbocycles. The van der Waals surface area contributed by atoms with Crippen LogP contribution in [0, 0.1) is 6.92 Å². The summed E-state index contributed by atoms with van der Waals surface area (Å²) in [6, 6.07) is 14.4. The molecule has 0 aliphatic heterocycles. The summed E-state index contributed by atoms with van der Waals surface area (Å²) >= 11 is 3.46. The third-order valence-corrected chi connectivity index (χ3v) is 5.67. The molecule has 1 atom stereocenters. The lowest BCUT2D eigenvalue weighted by Crippen LogP contribution is -2.41. The molecule has 2 aromatic rings. The zero-order valence-electron chi connectivity index (χ0n) is 14.4. The Morgan fingerprint density at radius 2 is 1.76 bits per heavy atom. The number of halogens is 1. The normalized spacial score (nSPS) is 12.5. The fraction of sp³-hybridized carbons (Fsp3) is 0.278. The van der Waals surface area contributed by atoms with Gasteiger partial charge in [0.25, 0.3) is 0 Å². The predicted octanol–water partition coefficient (Wildman–Crippen LogP) is 3.40. The van der Waals surface area contributed by atoms with Crippen molar-refractivity contribution >= 4 is 37.5 Å². The number of para-hydroxylation sites is 1. The molecule has 0 heterocycles. The van der Waals surface area contributed by atoms with Crippen molar-refractivity contribution in [2.45, 2.75) is 19.9 Å². The highest BCUT2D eigenvalue weighted by Gasteiger charge is 2.23. The number of amides is 1. The molecule has 0 fully saturated rings.